The molecule has 114 valence electrons. The highest BCUT2D eigenvalue weighted by atomic mass is 16.5. The van der Waals surface area contributed by atoms with Gasteiger partial charge in [-0.1, -0.05) is 12.1 Å². The van der Waals surface area contributed by atoms with Crippen molar-refractivity contribution >= 4 is 23.3 Å². The van der Waals surface area contributed by atoms with E-state index in [2.05, 4.69) is 10.2 Å². The summed E-state index contributed by atoms with van der Waals surface area (Å²) < 4.78 is 5.31. The maximum atomic E-state index is 11.9. The minimum Gasteiger partial charge on any atom is -0.481 e. The number of carboxylic acids is 1. The number of anilines is 2. The quantitative estimate of drug-likeness (QED) is 0.719. The first kappa shape index (κ1) is 15.3. The summed E-state index contributed by atoms with van der Waals surface area (Å²) >= 11 is 0. The SMILES string of the molecule is NC(CC(=O)O)C(=O)Nc1ccccc1N1CCOCC1. The fraction of sp³-hybridized carbons (Fsp3) is 0.429. The third-order valence-corrected chi connectivity index (χ3v) is 3.24. The van der Waals surface area contributed by atoms with E-state index in [1.165, 1.54) is 0 Å². The van der Waals surface area contributed by atoms with E-state index in [4.69, 9.17) is 15.6 Å². The van der Waals surface area contributed by atoms with Crippen LogP contribution in [-0.4, -0.2) is 49.3 Å². The van der Waals surface area contributed by atoms with Gasteiger partial charge in [0.15, 0.2) is 0 Å². The first-order chi connectivity index (χ1) is 10.1. The number of ether oxygens (including phenoxy) is 1. The lowest BCUT2D eigenvalue weighted by Crippen LogP contribution is -2.39. The smallest absolute Gasteiger partial charge is 0.305 e. The minimum absolute atomic E-state index is 0.397. The summed E-state index contributed by atoms with van der Waals surface area (Å²) in [6.45, 7) is 2.77. The Morgan fingerprint density at radius 3 is 2.67 bits per heavy atom. The summed E-state index contributed by atoms with van der Waals surface area (Å²) in [6.07, 6.45) is -0.397. The molecule has 1 unspecified atom stereocenters. The van der Waals surface area contributed by atoms with Crippen molar-refractivity contribution in [2.24, 2.45) is 5.73 Å². The van der Waals surface area contributed by atoms with Crippen molar-refractivity contribution in [3.05, 3.63) is 24.3 Å². The second-order valence-corrected chi connectivity index (χ2v) is 4.81. The molecule has 0 aliphatic carbocycles. The third kappa shape index (κ3) is 4.17. The van der Waals surface area contributed by atoms with Crippen LogP contribution in [0.15, 0.2) is 24.3 Å². The van der Waals surface area contributed by atoms with Crippen molar-refractivity contribution in [1.29, 1.82) is 0 Å². The van der Waals surface area contributed by atoms with Crippen molar-refractivity contribution in [3.63, 3.8) is 0 Å². The maximum absolute atomic E-state index is 11.9. The van der Waals surface area contributed by atoms with Crippen LogP contribution in [0.1, 0.15) is 6.42 Å². The largest absolute Gasteiger partial charge is 0.481 e. The summed E-state index contributed by atoms with van der Waals surface area (Å²) in [5.74, 6) is -1.60. The van der Waals surface area contributed by atoms with E-state index in [9.17, 15) is 9.59 Å². The van der Waals surface area contributed by atoms with Gasteiger partial charge in [-0.25, -0.2) is 0 Å². The molecule has 0 radical (unpaired) electrons. The van der Waals surface area contributed by atoms with E-state index in [-0.39, 0.29) is 0 Å². The standard InChI is InChI=1S/C14H19N3O4/c15-10(9-13(18)19)14(20)16-11-3-1-2-4-12(11)17-5-7-21-8-6-17/h1-4,10H,5-9,15H2,(H,16,20)(H,18,19). The van der Waals surface area contributed by atoms with Crippen LogP contribution >= 0.6 is 0 Å². The van der Waals surface area contributed by atoms with Crippen molar-refractivity contribution in [1.82, 2.24) is 0 Å². The average Bonchev–Trinajstić information content (AvgIpc) is 2.48. The predicted octanol–water partition coefficient (Wildman–Crippen LogP) is 0.264. The normalized spacial score (nSPS) is 16.3. The molecule has 1 saturated heterocycles. The van der Waals surface area contributed by atoms with E-state index in [0.717, 1.165) is 18.8 Å². The summed E-state index contributed by atoms with van der Waals surface area (Å²) in [6, 6.07) is 6.31. The second-order valence-electron chi connectivity index (χ2n) is 4.81. The number of carboxylic acid groups (broad SMARTS) is 1. The van der Waals surface area contributed by atoms with Crippen molar-refractivity contribution in [2.45, 2.75) is 12.5 Å². The minimum atomic E-state index is -1.10. The number of hydrogen-bond acceptors (Lipinski definition) is 5. The number of morpholine rings is 1. The molecule has 0 bridgehead atoms. The Bertz CT molecular complexity index is 515. The molecule has 0 spiro atoms. The van der Waals surface area contributed by atoms with Gasteiger partial charge in [-0.15, -0.1) is 0 Å². The van der Waals surface area contributed by atoms with Gasteiger partial charge in [-0.3, -0.25) is 9.59 Å². The number of aliphatic carboxylic acids is 1. The number of nitrogens with one attached hydrogen (secondary N) is 1. The Morgan fingerprint density at radius 1 is 1.33 bits per heavy atom. The predicted molar refractivity (Wildman–Crippen MR) is 78.3 cm³/mol. The number of hydrogen-bond donors (Lipinski definition) is 3. The monoisotopic (exact) mass is 293 g/mol. The van der Waals surface area contributed by atoms with Crippen LogP contribution in [0.3, 0.4) is 0 Å². The van der Waals surface area contributed by atoms with Crippen LogP contribution in [0.2, 0.25) is 0 Å². The molecule has 1 aliphatic rings. The van der Waals surface area contributed by atoms with Crippen LogP contribution in [0.5, 0.6) is 0 Å². The highest BCUT2D eigenvalue weighted by molar-refractivity contribution is 5.99. The number of para-hydroxylation sites is 2. The first-order valence-corrected chi connectivity index (χ1v) is 6.78. The van der Waals surface area contributed by atoms with Gasteiger partial charge in [0.1, 0.15) is 0 Å². The molecule has 1 aromatic carbocycles. The summed E-state index contributed by atoms with van der Waals surface area (Å²) in [5.41, 5.74) is 7.08. The molecule has 2 rings (SSSR count). The Labute approximate surface area is 122 Å². The van der Waals surface area contributed by atoms with E-state index in [0.29, 0.717) is 18.9 Å². The first-order valence-electron chi connectivity index (χ1n) is 6.78. The number of carbonyl (C=O) groups excluding carboxylic acids is 1. The molecule has 0 aromatic heterocycles. The molecule has 1 heterocycles. The number of benzene rings is 1. The lowest BCUT2D eigenvalue weighted by atomic mass is 10.2. The zero-order valence-electron chi connectivity index (χ0n) is 11.6. The molecule has 0 saturated carbocycles. The molecule has 1 aromatic rings. The Hall–Kier alpha value is -2.12. The number of nitrogens with zero attached hydrogens (tertiary/aromatic N) is 1. The zero-order valence-corrected chi connectivity index (χ0v) is 11.6. The molecule has 1 atom stereocenters. The van der Waals surface area contributed by atoms with Crippen molar-refractivity contribution in [3.8, 4) is 0 Å². The number of nitrogens with two attached hydrogens (primary N) is 1. The van der Waals surface area contributed by atoms with Gasteiger partial charge < -0.3 is 25.8 Å². The van der Waals surface area contributed by atoms with Crippen molar-refractivity contribution < 1.29 is 19.4 Å². The van der Waals surface area contributed by atoms with E-state index >= 15 is 0 Å². The van der Waals surface area contributed by atoms with Gasteiger partial charge in [0, 0.05) is 13.1 Å². The number of amides is 1. The lowest BCUT2D eigenvalue weighted by Gasteiger charge is -2.30. The Balaban J connectivity index is 2.09. The third-order valence-electron chi connectivity index (χ3n) is 3.24. The van der Waals surface area contributed by atoms with Gasteiger partial charge in [0.05, 0.1) is 37.1 Å². The Morgan fingerprint density at radius 2 is 2.00 bits per heavy atom. The molecule has 7 heteroatoms. The molecule has 7 nitrogen and oxygen atoms in total. The fourth-order valence-electron chi connectivity index (χ4n) is 2.17. The van der Waals surface area contributed by atoms with E-state index in [1.54, 1.807) is 6.07 Å². The van der Waals surface area contributed by atoms with Crippen LogP contribution in [0.25, 0.3) is 0 Å². The topological polar surface area (TPSA) is 105 Å². The molecular weight excluding hydrogens is 274 g/mol. The summed E-state index contributed by atoms with van der Waals surface area (Å²) in [4.78, 5) is 24.7. The molecule has 1 fully saturated rings. The highest BCUT2D eigenvalue weighted by Crippen LogP contribution is 2.26. The number of rotatable bonds is 5. The van der Waals surface area contributed by atoms with Gasteiger partial charge in [0.2, 0.25) is 5.91 Å². The van der Waals surface area contributed by atoms with E-state index in [1.807, 2.05) is 18.2 Å². The van der Waals surface area contributed by atoms with E-state index < -0.39 is 24.3 Å². The fourth-order valence-corrected chi connectivity index (χ4v) is 2.17. The Kier molecular flexibility index (Phi) is 5.13. The molecule has 1 aliphatic heterocycles. The maximum Gasteiger partial charge on any atom is 0.305 e. The van der Waals surface area contributed by atoms with Gasteiger partial charge in [-0.2, -0.15) is 0 Å². The van der Waals surface area contributed by atoms with Crippen LogP contribution in [0.4, 0.5) is 11.4 Å². The highest BCUT2D eigenvalue weighted by Gasteiger charge is 2.20. The van der Waals surface area contributed by atoms with Gasteiger partial charge in [0.25, 0.3) is 0 Å². The summed E-state index contributed by atoms with van der Waals surface area (Å²) in [5, 5.41) is 11.4. The zero-order chi connectivity index (χ0) is 15.2. The van der Waals surface area contributed by atoms with Crippen LogP contribution < -0.4 is 16.0 Å². The number of carbonyl (C=O) groups is 2. The summed E-state index contributed by atoms with van der Waals surface area (Å²) in [7, 11) is 0. The van der Waals surface area contributed by atoms with Gasteiger partial charge in [-0.05, 0) is 12.1 Å². The van der Waals surface area contributed by atoms with Crippen LogP contribution in [-0.2, 0) is 14.3 Å². The lowest BCUT2D eigenvalue weighted by molar-refractivity contribution is -0.138. The molecular formula is C14H19N3O4. The van der Waals surface area contributed by atoms with Crippen molar-refractivity contribution in [2.75, 3.05) is 36.5 Å². The molecule has 4 N–H and O–H groups in total. The molecule has 1 amide bonds. The molecule has 21 heavy (non-hydrogen) atoms. The van der Waals surface area contributed by atoms with Gasteiger partial charge >= 0.3 is 5.97 Å². The average molecular weight is 293 g/mol. The second kappa shape index (κ2) is 7.05. The van der Waals surface area contributed by atoms with Crippen LogP contribution in [0, 0.1) is 0 Å².